The van der Waals surface area contributed by atoms with Crippen molar-refractivity contribution in [2.75, 3.05) is 30.3 Å². The molecule has 0 aliphatic carbocycles. The van der Waals surface area contributed by atoms with Crippen LogP contribution in [0.1, 0.15) is 34.3 Å². The van der Waals surface area contributed by atoms with Crippen molar-refractivity contribution >= 4 is 23.2 Å². The van der Waals surface area contributed by atoms with Gasteiger partial charge in [-0.1, -0.05) is 24.3 Å². The molecule has 1 amide bonds. The fourth-order valence-corrected chi connectivity index (χ4v) is 4.57. The number of carbonyl (C=O) groups excluding carboxylic acids is 1. The quantitative estimate of drug-likeness (QED) is 0.233. The largest absolute Gasteiger partial charge is 0.416 e. The van der Waals surface area contributed by atoms with Crippen LogP contribution >= 0.6 is 0 Å². The summed E-state index contributed by atoms with van der Waals surface area (Å²) in [4.78, 5) is 23.6. The number of benzene rings is 3. The lowest BCUT2D eigenvalue weighted by Gasteiger charge is -2.14. The molecule has 1 aliphatic rings. The fourth-order valence-electron chi connectivity index (χ4n) is 4.57. The van der Waals surface area contributed by atoms with E-state index < -0.39 is 23.5 Å². The lowest BCUT2D eigenvalue weighted by Crippen LogP contribution is -2.21. The molecule has 1 aromatic heterocycles. The Kier molecular flexibility index (Phi) is 8.06. The number of hydrogen-bond donors (Lipinski definition) is 2. The smallest absolute Gasteiger partial charge is 0.322 e. The molecule has 1 fully saturated rings. The third kappa shape index (κ3) is 6.81. The molecule has 0 bridgehead atoms. The van der Waals surface area contributed by atoms with Gasteiger partial charge in [0.05, 0.1) is 16.9 Å². The van der Waals surface area contributed by atoms with E-state index in [0.717, 1.165) is 44.3 Å². The van der Waals surface area contributed by atoms with Gasteiger partial charge >= 0.3 is 6.18 Å². The van der Waals surface area contributed by atoms with Crippen molar-refractivity contribution in [2.24, 2.45) is 0 Å². The van der Waals surface area contributed by atoms with Crippen LogP contribution in [0.15, 0.2) is 79.0 Å². The number of carbonyl (C=O) groups is 1. The molecule has 206 valence electrons. The molecule has 0 unspecified atom stereocenters. The Morgan fingerprint density at radius 2 is 1.73 bits per heavy atom. The Hall–Kier alpha value is -4.31. The van der Waals surface area contributed by atoms with E-state index in [1.165, 1.54) is 54.9 Å². The summed E-state index contributed by atoms with van der Waals surface area (Å²) in [6.45, 7) is 3.32. The van der Waals surface area contributed by atoms with Gasteiger partial charge in [0, 0.05) is 29.6 Å². The number of hydrogen-bond acceptors (Lipinski definition) is 5. The monoisotopic (exact) mass is 549 g/mol. The van der Waals surface area contributed by atoms with Crippen LogP contribution in [0, 0.1) is 5.82 Å². The van der Waals surface area contributed by atoms with Gasteiger partial charge in [-0.25, -0.2) is 14.4 Å². The van der Waals surface area contributed by atoms with Gasteiger partial charge in [-0.05, 0) is 86.4 Å². The summed E-state index contributed by atoms with van der Waals surface area (Å²) in [5, 5.41) is 5.55. The highest BCUT2D eigenvalue weighted by molar-refractivity contribution is 6.04. The summed E-state index contributed by atoms with van der Waals surface area (Å²) in [5.74, 6) is -1.10. The van der Waals surface area contributed by atoms with Crippen LogP contribution < -0.4 is 10.6 Å². The van der Waals surface area contributed by atoms with Crippen molar-refractivity contribution < 1.29 is 22.4 Å². The van der Waals surface area contributed by atoms with E-state index in [1.807, 2.05) is 24.3 Å². The molecule has 5 rings (SSSR count). The number of likely N-dealkylation sites (tertiary alicyclic amines) is 1. The van der Waals surface area contributed by atoms with Gasteiger partial charge in [-0.2, -0.15) is 13.2 Å². The topological polar surface area (TPSA) is 70.2 Å². The standard InChI is InChI=1S/C30H27F4N5O/c31-25-11-8-22(28(40)36-24-9-6-20(7-10-24)13-17-39-15-1-2-16-39)19-27(25)38-29-35-14-12-26(37-29)21-4-3-5-23(18-21)30(32,33)34/h3-12,14,18-19H,1-2,13,15-17H2,(H,36,40)(H,35,37,38). The summed E-state index contributed by atoms with van der Waals surface area (Å²) in [7, 11) is 0. The highest BCUT2D eigenvalue weighted by Gasteiger charge is 2.30. The van der Waals surface area contributed by atoms with Gasteiger partial charge < -0.3 is 15.5 Å². The Morgan fingerprint density at radius 3 is 2.48 bits per heavy atom. The minimum absolute atomic E-state index is 0.0316. The minimum Gasteiger partial charge on any atom is -0.322 e. The normalized spacial score (nSPS) is 13.8. The number of aromatic nitrogens is 2. The SMILES string of the molecule is O=C(Nc1ccc(CCN2CCCC2)cc1)c1ccc(F)c(Nc2nccc(-c3cccc(C(F)(F)F)c3)n2)c1. The molecule has 40 heavy (non-hydrogen) atoms. The lowest BCUT2D eigenvalue weighted by molar-refractivity contribution is -0.137. The maximum absolute atomic E-state index is 14.6. The predicted octanol–water partition coefficient (Wildman–Crippen LogP) is 6.94. The zero-order valence-electron chi connectivity index (χ0n) is 21.5. The Labute approximate surface area is 229 Å². The van der Waals surface area contributed by atoms with Crippen LogP contribution in [0.3, 0.4) is 0 Å². The van der Waals surface area contributed by atoms with Crippen molar-refractivity contribution in [3.8, 4) is 11.3 Å². The third-order valence-electron chi connectivity index (χ3n) is 6.74. The lowest BCUT2D eigenvalue weighted by atomic mass is 10.1. The number of nitrogens with one attached hydrogen (secondary N) is 2. The molecule has 6 nitrogen and oxygen atoms in total. The molecule has 0 saturated carbocycles. The molecular weight excluding hydrogens is 522 g/mol. The summed E-state index contributed by atoms with van der Waals surface area (Å²) in [6, 6.07) is 17.7. The minimum atomic E-state index is -4.50. The average Bonchev–Trinajstić information content (AvgIpc) is 3.47. The van der Waals surface area contributed by atoms with E-state index >= 15 is 0 Å². The Balaban J connectivity index is 1.26. The van der Waals surface area contributed by atoms with Gasteiger partial charge in [0.1, 0.15) is 5.82 Å². The van der Waals surface area contributed by atoms with E-state index in [-0.39, 0.29) is 28.5 Å². The van der Waals surface area contributed by atoms with Crippen LogP contribution in [0.2, 0.25) is 0 Å². The summed E-state index contributed by atoms with van der Waals surface area (Å²) >= 11 is 0. The fraction of sp³-hybridized carbons (Fsp3) is 0.233. The molecule has 4 aromatic rings. The second-order valence-electron chi connectivity index (χ2n) is 9.61. The van der Waals surface area contributed by atoms with Crippen molar-refractivity contribution in [3.05, 3.63) is 102 Å². The molecule has 2 N–H and O–H groups in total. The maximum atomic E-state index is 14.6. The number of halogens is 4. The van der Waals surface area contributed by atoms with Crippen LogP contribution in [-0.2, 0) is 12.6 Å². The van der Waals surface area contributed by atoms with Gasteiger partial charge in [0.25, 0.3) is 5.91 Å². The number of amides is 1. The van der Waals surface area contributed by atoms with Gasteiger partial charge in [0.15, 0.2) is 0 Å². The second-order valence-corrected chi connectivity index (χ2v) is 9.61. The molecule has 10 heteroatoms. The molecular formula is C30H27F4N5O. The van der Waals surface area contributed by atoms with E-state index in [2.05, 4.69) is 25.5 Å². The van der Waals surface area contributed by atoms with Crippen LogP contribution in [0.5, 0.6) is 0 Å². The molecule has 0 radical (unpaired) electrons. The van der Waals surface area contributed by atoms with E-state index in [0.29, 0.717) is 5.69 Å². The molecule has 2 heterocycles. The van der Waals surface area contributed by atoms with Crippen molar-refractivity contribution in [3.63, 3.8) is 0 Å². The molecule has 1 aliphatic heterocycles. The Bertz CT molecular complexity index is 1480. The average molecular weight is 550 g/mol. The molecule has 1 saturated heterocycles. The van der Waals surface area contributed by atoms with E-state index in [4.69, 9.17) is 0 Å². The van der Waals surface area contributed by atoms with Crippen LogP contribution in [-0.4, -0.2) is 40.4 Å². The zero-order valence-corrected chi connectivity index (χ0v) is 21.5. The molecule has 0 spiro atoms. The maximum Gasteiger partial charge on any atom is 0.416 e. The summed E-state index contributed by atoms with van der Waals surface area (Å²) in [6.07, 6.45) is 0.311. The van der Waals surface area contributed by atoms with Gasteiger partial charge in [-0.15, -0.1) is 0 Å². The number of rotatable bonds is 8. The van der Waals surface area contributed by atoms with Gasteiger partial charge in [0.2, 0.25) is 5.95 Å². The number of anilines is 3. The zero-order chi connectivity index (χ0) is 28.1. The second kappa shape index (κ2) is 11.8. The first-order valence-corrected chi connectivity index (χ1v) is 12.9. The summed E-state index contributed by atoms with van der Waals surface area (Å²) < 4.78 is 54.0. The first-order valence-electron chi connectivity index (χ1n) is 12.9. The summed E-state index contributed by atoms with van der Waals surface area (Å²) in [5.41, 5.74) is 1.61. The van der Waals surface area contributed by atoms with Crippen LogP contribution in [0.4, 0.5) is 34.9 Å². The van der Waals surface area contributed by atoms with Gasteiger partial charge in [-0.3, -0.25) is 4.79 Å². The van der Waals surface area contributed by atoms with Crippen molar-refractivity contribution in [2.45, 2.75) is 25.4 Å². The highest BCUT2D eigenvalue weighted by Crippen LogP contribution is 2.32. The molecule has 3 aromatic carbocycles. The number of nitrogens with zero attached hydrogens (tertiary/aromatic N) is 3. The highest BCUT2D eigenvalue weighted by atomic mass is 19.4. The number of alkyl halides is 3. The molecule has 0 atom stereocenters. The van der Waals surface area contributed by atoms with Crippen LogP contribution in [0.25, 0.3) is 11.3 Å². The Morgan fingerprint density at radius 1 is 0.950 bits per heavy atom. The predicted molar refractivity (Wildman–Crippen MR) is 146 cm³/mol. The first-order chi connectivity index (χ1) is 19.2. The van der Waals surface area contributed by atoms with E-state index in [9.17, 15) is 22.4 Å². The van der Waals surface area contributed by atoms with Crippen molar-refractivity contribution in [1.29, 1.82) is 0 Å². The first kappa shape index (κ1) is 27.3. The third-order valence-corrected chi connectivity index (χ3v) is 6.74. The van der Waals surface area contributed by atoms with E-state index in [1.54, 1.807) is 0 Å². The van der Waals surface area contributed by atoms with Crippen molar-refractivity contribution in [1.82, 2.24) is 14.9 Å².